The van der Waals surface area contributed by atoms with Gasteiger partial charge in [0.15, 0.2) is 0 Å². The van der Waals surface area contributed by atoms with Crippen LogP contribution in [0.15, 0.2) is 36.8 Å². The van der Waals surface area contributed by atoms with E-state index in [0.717, 1.165) is 31.7 Å². The maximum absolute atomic E-state index is 10.6. The number of fused-ring (bicyclic) bond motifs is 1. The molecular formula is C17H22N2O2. The summed E-state index contributed by atoms with van der Waals surface area (Å²) < 4.78 is 7.91. The molecule has 0 spiro atoms. The maximum Gasteiger partial charge on any atom is 0.0983 e. The van der Waals surface area contributed by atoms with E-state index >= 15 is 0 Å². The highest BCUT2D eigenvalue weighted by atomic mass is 16.5. The van der Waals surface area contributed by atoms with Crippen molar-refractivity contribution < 1.29 is 9.84 Å². The number of nitrogens with zero attached hydrogens (tertiary/aromatic N) is 2. The first-order chi connectivity index (χ1) is 10.3. The Morgan fingerprint density at radius 1 is 1.43 bits per heavy atom. The van der Waals surface area contributed by atoms with Crippen LogP contribution in [0.2, 0.25) is 0 Å². The third kappa shape index (κ3) is 3.01. The van der Waals surface area contributed by atoms with Crippen LogP contribution in [0.3, 0.4) is 0 Å². The van der Waals surface area contributed by atoms with Gasteiger partial charge in [-0.25, -0.2) is 4.98 Å². The molecule has 0 bridgehead atoms. The number of imidazole rings is 1. The molecule has 0 aliphatic carbocycles. The number of hydrogen-bond acceptors (Lipinski definition) is 3. The zero-order valence-electron chi connectivity index (χ0n) is 12.4. The Morgan fingerprint density at radius 2 is 2.29 bits per heavy atom. The number of hydrogen-bond donors (Lipinski definition) is 1. The van der Waals surface area contributed by atoms with Crippen LogP contribution in [-0.2, 0) is 17.7 Å². The fraction of sp³-hybridized carbons (Fsp3) is 0.471. The van der Waals surface area contributed by atoms with E-state index in [1.807, 2.05) is 10.6 Å². The molecule has 1 aliphatic heterocycles. The molecule has 2 aromatic rings. The molecule has 1 aliphatic rings. The Bertz CT molecular complexity index is 594. The van der Waals surface area contributed by atoms with Gasteiger partial charge in [-0.1, -0.05) is 31.2 Å². The van der Waals surface area contributed by atoms with Gasteiger partial charge in [-0.3, -0.25) is 0 Å². The van der Waals surface area contributed by atoms with Crippen molar-refractivity contribution in [3.05, 3.63) is 53.6 Å². The van der Waals surface area contributed by atoms with Crippen molar-refractivity contribution in [3.8, 4) is 0 Å². The molecule has 112 valence electrons. The van der Waals surface area contributed by atoms with Crippen molar-refractivity contribution in [2.24, 2.45) is 0 Å². The van der Waals surface area contributed by atoms with Gasteiger partial charge in [-0.2, -0.15) is 0 Å². The number of aryl methyl sites for hydroxylation is 1. The Balaban J connectivity index is 1.76. The number of aromatic nitrogens is 2. The molecule has 0 saturated carbocycles. The van der Waals surface area contributed by atoms with Crippen LogP contribution in [0, 0.1) is 0 Å². The van der Waals surface area contributed by atoms with E-state index in [0.29, 0.717) is 6.42 Å². The minimum Gasteiger partial charge on any atom is -0.387 e. The summed E-state index contributed by atoms with van der Waals surface area (Å²) in [5, 5.41) is 10.6. The topological polar surface area (TPSA) is 47.3 Å². The highest BCUT2D eigenvalue weighted by molar-refractivity contribution is 5.31. The lowest BCUT2D eigenvalue weighted by molar-refractivity contribution is 0.00202. The van der Waals surface area contributed by atoms with Gasteiger partial charge in [0.05, 0.1) is 37.0 Å². The number of aliphatic hydroxyl groups is 1. The average molecular weight is 286 g/mol. The van der Waals surface area contributed by atoms with Crippen LogP contribution in [0.25, 0.3) is 0 Å². The first kappa shape index (κ1) is 14.3. The highest BCUT2D eigenvalue weighted by Gasteiger charge is 2.25. The average Bonchev–Trinajstić information content (AvgIpc) is 2.96. The molecule has 0 amide bonds. The summed E-state index contributed by atoms with van der Waals surface area (Å²) in [6, 6.07) is 8.36. The highest BCUT2D eigenvalue weighted by Crippen LogP contribution is 2.34. The predicted octanol–water partition coefficient (Wildman–Crippen LogP) is 3.03. The zero-order valence-corrected chi connectivity index (χ0v) is 12.4. The van der Waals surface area contributed by atoms with E-state index in [9.17, 15) is 5.11 Å². The van der Waals surface area contributed by atoms with Gasteiger partial charge in [0, 0.05) is 13.0 Å². The molecule has 2 unspecified atom stereocenters. The van der Waals surface area contributed by atoms with Gasteiger partial charge in [-0.15, -0.1) is 0 Å². The SMILES string of the molecule is CCCn1cncc1C(O)CC1OCCc2ccccc21. The van der Waals surface area contributed by atoms with Crippen molar-refractivity contribution in [2.75, 3.05) is 6.61 Å². The molecule has 0 fully saturated rings. The molecule has 0 saturated heterocycles. The minimum absolute atomic E-state index is 0.0325. The summed E-state index contributed by atoms with van der Waals surface area (Å²) in [7, 11) is 0. The largest absolute Gasteiger partial charge is 0.387 e. The maximum atomic E-state index is 10.6. The molecule has 4 heteroatoms. The number of aliphatic hydroxyl groups excluding tert-OH is 1. The van der Waals surface area contributed by atoms with Crippen LogP contribution in [-0.4, -0.2) is 21.3 Å². The Labute approximate surface area is 125 Å². The van der Waals surface area contributed by atoms with Crippen molar-refractivity contribution >= 4 is 0 Å². The van der Waals surface area contributed by atoms with Gasteiger partial charge >= 0.3 is 0 Å². The van der Waals surface area contributed by atoms with E-state index < -0.39 is 6.10 Å². The van der Waals surface area contributed by atoms with Gasteiger partial charge in [-0.05, 0) is 24.0 Å². The predicted molar refractivity (Wildman–Crippen MR) is 80.9 cm³/mol. The second-order valence-corrected chi connectivity index (χ2v) is 5.57. The fourth-order valence-electron chi connectivity index (χ4n) is 3.03. The summed E-state index contributed by atoms with van der Waals surface area (Å²) in [5.41, 5.74) is 3.43. The number of rotatable bonds is 5. The van der Waals surface area contributed by atoms with Gasteiger partial charge in [0.25, 0.3) is 0 Å². The molecule has 0 radical (unpaired) electrons. The summed E-state index contributed by atoms with van der Waals surface area (Å²) in [4.78, 5) is 4.16. The Hall–Kier alpha value is -1.65. The lowest BCUT2D eigenvalue weighted by Crippen LogP contribution is -2.19. The molecule has 2 heterocycles. The van der Waals surface area contributed by atoms with Crippen LogP contribution >= 0.6 is 0 Å². The summed E-state index contributed by atoms with van der Waals surface area (Å²) in [5.74, 6) is 0. The number of ether oxygens (including phenoxy) is 1. The van der Waals surface area contributed by atoms with Crippen molar-refractivity contribution in [1.82, 2.24) is 9.55 Å². The van der Waals surface area contributed by atoms with Crippen molar-refractivity contribution in [2.45, 2.75) is 44.9 Å². The van der Waals surface area contributed by atoms with E-state index in [2.05, 4.69) is 30.1 Å². The quantitative estimate of drug-likeness (QED) is 0.919. The lowest BCUT2D eigenvalue weighted by Gasteiger charge is -2.28. The van der Waals surface area contributed by atoms with Crippen molar-refractivity contribution in [3.63, 3.8) is 0 Å². The second-order valence-electron chi connectivity index (χ2n) is 5.57. The minimum atomic E-state index is -0.546. The normalized spacial score (nSPS) is 19.2. The third-order valence-corrected chi connectivity index (χ3v) is 4.08. The summed E-state index contributed by atoms with van der Waals surface area (Å²) >= 11 is 0. The van der Waals surface area contributed by atoms with Crippen LogP contribution in [0.1, 0.15) is 48.8 Å². The third-order valence-electron chi connectivity index (χ3n) is 4.08. The lowest BCUT2D eigenvalue weighted by atomic mass is 9.93. The fourth-order valence-corrected chi connectivity index (χ4v) is 3.03. The number of benzene rings is 1. The summed E-state index contributed by atoms with van der Waals surface area (Å²) in [6.07, 6.45) is 5.53. The summed E-state index contributed by atoms with van der Waals surface area (Å²) in [6.45, 7) is 3.73. The van der Waals surface area contributed by atoms with E-state index in [1.54, 1.807) is 12.5 Å². The van der Waals surface area contributed by atoms with Gasteiger partial charge < -0.3 is 14.4 Å². The van der Waals surface area contributed by atoms with E-state index in [1.165, 1.54) is 11.1 Å². The molecule has 21 heavy (non-hydrogen) atoms. The van der Waals surface area contributed by atoms with Gasteiger partial charge in [0.2, 0.25) is 0 Å². The van der Waals surface area contributed by atoms with Crippen LogP contribution < -0.4 is 0 Å². The molecule has 1 aromatic heterocycles. The second kappa shape index (κ2) is 6.41. The van der Waals surface area contributed by atoms with Crippen LogP contribution in [0.4, 0.5) is 0 Å². The standard InChI is InChI=1S/C17H22N2O2/c1-2-8-19-12-18-11-15(19)16(20)10-17-14-6-4-3-5-13(14)7-9-21-17/h3-6,11-12,16-17,20H,2,7-10H2,1H3. The Morgan fingerprint density at radius 3 is 3.14 bits per heavy atom. The first-order valence-corrected chi connectivity index (χ1v) is 7.67. The molecule has 3 rings (SSSR count). The smallest absolute Gasteiger partial charge is 0.0983 e. The monoisotopic (exact) mass is 286 g/mol. The molecule has 1 aromatic carbocycles. The molecule has 2 atom stereocenters. The Kier molecular flexibility index (Phi) is 4.36. The zero-order chi connectivity index (χ0) is 14.7. The van der Waals surface area contributed by atoms with E-state index in [4.69, 9.17) is 4.74 Å². The molecule has 1 N–H and O–H groups in total. The van der Waals surface area contributed by atoms with Crippen LogP contribution in [0.5, 0.6) is 0 Å². The van der Waals surface area contributed by atoms with Crippen molar-refractivity contribution in [1.29, 1.82) is 0 Å². The van der Waals surface area contributed by atoms with E-state index in [-0.39, 0.29) is 6.10 Å². The van der Waals surface area contributed by atoms with Gasteiger partial charge in [0.1, 0.15) is 0 Å². The molecule has 4 nitrogen and oxygen atoms in total. The first-order valence-electron chi connectivity index (χ1n) is 7.67. The molecular weight excluding hydrogens is 264 g/mol.